The highest BCUT2D eigenvalue weighted by Gasteiger charge is 2.08. The molecule has 0 aliphatic heterocycles. The molecule has 0 aliphatic carbocycles. The monoisotopic (exact) mass is 320 g/mol. The zero-order valence-corrected chi connectivity index (χ0v) is 13.1. The molecule has 3 rings (SSSR count). The lowest BCUT2D eigenvalue weighted by Crippen LogP contribution is -2.24. The van der Waals surface area contributed by atoms with Crippen molar-refractivity contribution in [2.45, 2.75) is 13.5 Å². The second-order valence-electron chi connectivity index (χ2n) is 5.22. The van der Waals surface area contributed by atoms with Crippen LogP contribution in [0.2, 0.25) is 0 Å². The van der Waals surface area contributed by atoms with Crippen molar-refractivity contribution in [2.24, 2.45) is 5.10 Å². The van der Waals surface area contributed by atoms with Crippen molar-refractivity contribution < 1.29 is 4.79 Å². The summed E-state index contributed by atoms with van der Waals surface area (Å²) in [5.41, 5.74) is 5.35. The van der Waals surface area contributed by atoms with Crippen LogP contribution in [0.4, 0.5) is 0 Å². The number of aromatic nitrogens is 4. The molecule has 24 heavy (non-hydrogen) atoms. The number of nitrogens with zero attached hydrogens (tertiary/aromatic N) is 5. The Labute approximate surface area is 139 Å². The molecule has 0 saturated heterocycles. The number of benzene rings is 2. The highest BCUT2D eigenvalue weighted by atomic mass is 16.2. The van der Waals surface area contributed by atoms with E-state index in [4.69, 9.17) is 0 Å². The zero-order valence-electron chi connectivity index (χ0n) is 13.1. The minimum atomic E-state index is -0.323. The van der Waals surface area contributed by atoms with E-state index in [1.807, 2.05) is 61.5 Å². The van der Waals surface area contributed by atoms with E-state index < -0.39 is 0 Å². The Morgan fingerprint density at radius 1 is 1.21 bits per heavy atom. The summed E-state index contributed by atoms with van der Waals surface area (Å²) < 4.78 is 0. The molecule has 0 spiro atoms. The van der Waals surface area contributed by atoms with Crippen molar-refractivity contribution in [2.75, 3.05) is 0 Å². The average molecular weight is 320 g/mol. The summed E-state index contributed by atoms with van der Waals surface area (Å²) in [5, 5.41) is 15.9. The minimum Gasteiger partial charge on any atom is -0.271 e. The van der Waals surface area contributed by atoms with E-state index in [1.165, 1.54) is 4.80 Å². The Hall–Kier alpha value is -3.35. The quantitative estimate of drug-likeness (QED) is 0.574. The topological polar surface area (TPSA) is 85.1 Å². The van der Waals surface area contributed by atoms with Gasteiger partial charge in [-0.3, -0.25) is 4.79 Å². The van der Waals surface area contributed by atoms with Crippen LogP contribution in [-0.2, 0) is 11.3 Å². The average Bonchev–Trinajstić information content (AvgIpc) is 3.04. The third-order valence-corrected chi connectivity index (χ3v) is 3.21. The number of carbonyl (C=O) groups is 1. The first kappa shape index (κ1) is 15.5. The fourth-order valence-corrected chi connectivity index (χ4v) is 2.11. The van der Waals surface area contributed by atoms with Crippen LogP contribution in [-0.4, -0.2) is 32.3 Å². The van der Waals surface area contributed by atoms with Gasteiger partial charge in [0.1, 0.15) is 6.54 Å². The maximum atomic E-state index is 11.9. The molecule has 0 atom stereocenters. The van der Waals surface area contributed by atoms with Gasteiger partial charge in [-0.2, -0.15) is 9.90 Å². The maximum Gasteiger partial charge on any atom is 0.263 e. The second kappa shape index (κ2) is 7.28. The van der Waals surface area contributed by atoms with E-state index in [0.29, 0.717) is 5.82 Å². The number of aryl methyl sites for hydroxylation is 1. The Kier molecular flexibility index (Phi) is 4.71. The third-order valence-electron chi connectivity index (χ3n) is 3.21. The van der Waals surface area contributed by atoms with Gasteiger partial charge in [0.15, 0.2) is 0 Å². The van der Waals surface area contributed by atoms with Gasteiger partial charge in [0.05, 0.1) is 6.21 Å². The van der Waals surface area contributed by atoms with Gasteiger partial charge in [-0.15, -0.1) is 10.2 Å². The standard InChI is InChI=1S/C17H16N6O/c1-13-6-5-7-14(10-13)11-18-19-16(24)12-23-21-17(20-22-23)15-8-3-2-4-9-15/h2-11H,12H2,1H3,(H,19,24)/b18-11-. The SMILES string of the molecule is Cc1cccc(/C=N\NC(=O)Cn2nnc(-c3ccccc3)n2)c1. The first-order chi connectivity index (χ1) is 11.7. The van der Waals surface area contributed by atoms with Crippen LogP contribution >= 0.6 is 0 Å². The molecule has 0 aliphatic rings. The molecule has 120 valence electrons. The van der Waals surface area contributed by atoms with Gasteiger partial charge in [0, 0.05) is 5.56 Å². The lowest BCUT2D eigenvalue weighted by molar-refractivity contribution is -0.122. The van der Waals surface area contributed by atoms with Crippen molar-refractivity contribution >= 4 is 12.1 Å². The van der Waals surface area contributed by atoms with Crippen molar-refractivity contribution in [3.05, 3.63) is 65.7 Å². The van der Waals surface area contributed by atoms with Crippen LogP contribution in [0, 0.1) is 6.92 Å². The molecular formula is C17H16N6O. The highest BCUT2D eigenvalue weighted by molar-refractivity contribution is 5.82. The van der Waals surface area contributed by atoms with Gasteiger partial charge in [-0.1, -0.05) is 60.2 Å². The summed E-state index contributed by atoms with van der Waals surface area (Å²) in [6, 6.07) is 17.3. The molecule has 0 saturated carbocycles. The van der Waals surface area contributed by atoms with Crippen LogP contribution in [0.25, 0.3) is 11.4 Å². The number of hydrogen-bond acceptors (Lipinski definition) is 5. The largest absolute Gasteiger partial charge is 0.271 e. The van der Waals surface area contributed by atoms with E-state index >= 15 is 0 Å². The fourth-order valence-electron chi connectivity index (χ4n) is 2.11. The van der Waals surface area contributed by atoms with Crippen LogP contribution in [0.15, 0.2) is 59.7 Å². The van der Waals surface area contributed by atoms with Crippen LogP contribution in [0.1, 0.15) is 11.1 Å². The number of nitrogens with one attached hydrogen (secondary N) is 1. The third kappa shape index (κ3) is 4.10. The summed E-state index contributed by atoms with van der Waals surface area (Å²) in [6.45, 7) is 1.95. The Morgan fingerprint density at radius 2 is 2.04 bits per heavy atom. The number of amides is 1. The van der Waals surface area contributed by atoms with E-state index in [9.17, 15) is 4.79 Å². The van der Waals surface area contributed by atoms with Crippen molar-refractivity contribution in [3.8, 4) is 11.4 Å². The molecule has 1 aromatic heterocycles. The molecule has 7 nitrogen and oxygen atoms in total. The Morgan fingerprint density at radius 3 is 2.83 bits per heavy atom. The molecule has 7 heteroatoms. The zero-order chi connectivity index (χ0) is 16.8. The highest BCUT2D eigenvalue weighted by Crippen LogP contribution is 2.11. The van der Waals surface area contributed by atoms with E-state index in [1.54, 1.807) is 6.21 Å². The minimum absolute atomic E-state index is 0.0506. The van der Waals surface area contributed by atoms with E-state index in [0.717, 1.165) is 16.7 Å². The lowest BCUT2D eigenvalue weighted by Gasteiger charge is -1.98. The molecule has 0 radical (unpaired) electrons. The van der Waals surface area contributed by atoms with E-state index in [2.05, 4.69) is 25.9 Å². The first-order valence-electron chi connectivity index (χ1n) is 7.42. The van der Waals surface area contributed by atoms with Gasteiger partial charge in [-0.05, 0) is 17.7 Å². The van der Waals surface area contributed by atoms with E-state index in [-0.39, 0.29) is 12.5 Å². The summed E-state index contributed by atoms with van der Waals surface area (Å²) in [4.78, 5) is 13.1. The van der Waals surface area contributed by atoms with Crippen molar-refractivity contribution in [1.29, 1.82) is 0 Å². The molecule has 1 N–H and O–H groups in total. The molecule has 3 aromatic rings. The second-order valence-corrected chi connectivity index (χ2v) is 5.22. The number of tetrazole rings is 1. The molecule has 2 aromatic carbocycles. The van der Waals surface area contributed by atoms with Crippen molar-refractivity contribution in [3.63, 3.8) is 0 Å². The van der Waals surface area contributed by atoms with Gasteiger partial charge in [0.2, 0.25) is 5.82 Å². The summed E-state index contributed by atoms with van der Waals surface area (Å²) in [7, 11) is 0. The predicted molar refractivity (Wildman–Crippen MR) is 90.2 cm³/mol. The molecule has 0 fully saturated rings. The number of rotatable bonds is 5. The number of hydrogen-bond donors (Lipinski definition) is 1. The fraction of sp³-hybridized carbons (Fsp3) is 0.118. The normalized spacial score (nSPS) is 10.9. The Bertz CT molecular complexity index is 856. The van der Waals surface area contributed by atoms with Crippen LogP contribution in [0.3, 0.4) is 0 Å². The predicted octanol–water partition coefficient (Wildman–Crippen LogP) is 1.80. The maximum absolute atomic E-state index is 11.9. The number of carbonyl (C=O) groups excluding carboxylic acids is 1. The van der Waals surface area contributed by atoms with Crippen LogP contribution < -0.4 is 5.43 Å². The smallest absolute Gasteiger partial charge is 0.263 e. The first-order valence-corrected chi connectivity index (χ1v) is 7.42. The molecular weight excluding hydrogens is 304 g/mol. The summed E-state index contributed by atoms with van der Waals surface area (Å²) in [5.74, 6) is 0.155. The lowest BCUT2D eigenvalue weighted by atomic mass is 10.2. The molecule has 1 heterocycles. The number of hydrazone groups is 1. The molecule has 0 unspecified atom stereocenters. The summed E-state index contributed by atoms with van der Waals surface area (Å²) >= 11 is 0. The summed E-state index contributed by atoms with van der Waals surface area (Å²) in [6.07, 6.45) is 1.59. The van der Waals surface area contributed by atoms with Gasteiger partial charge >= 0.3 is 0 Å². The Balaban J connectivity index is 1.57. The molecule has 1 amide bonds. The van der Waals surface area contributed by atoms with Gasteiger partial charge in [0.25, 0.3) is 5.91 Å². The molecule has 0 bridgehead atoms. The van der Waals surface area contributed by atoms with Crippen molar-refractivity contribution in [1.82, 2.24) is 25.6 Å². The van der Waals surface area contributed by atoms with Gasteiger partial charge < -0.3 is 0 Å². The van der Waals surface area contributed by atoms with Gasteiger partial charge in [-0.25, -0.2) is 5.43 Å². The van der Waals surface area contributed by atoms with Crippen LogP contribution in [0.5, 0.6) is 0 Å².